The number of para-hydroxylation sites is 1. The van der Waals surface area contributed by atoms with Crippen LogP contribution in [0, 0.1) is 0 Å². The van der Waals surface area contributed by atoms with Crippen LogP contribution in [0.25, 0.3) is 21.7 Å². The molecule has 4 N–H and O–H groups in total. The van der Waals surface area contributed by atoms with Crippen LogP contribution in [0.4, 0.5) is 11.4 Å². The van der Waals surface area contributed by atoms with Crippen LogP contribution < -0.4 is 16.4 Å². The molecule has 4 aromatic carbocycles. The lowest BCUT2D eigenvalue weighted by Gasteiger charge is -2.18. The SMILES string of the molecule is NC(Nc1c(C(=O)Nc2cccc(Cl)c2)oc2ccccc12)c1cccc2ccccc12. The van der Waals surface area contributed by atoms with Crippen LogP contribution in [-0.2, 0) is 0 Å². The van der Waals surface area contributed by atoms with E-state index in [1.807, 2.05) is 66.7 Å². The van der Waals surface area contributed by atoms with E-state index < -0.39 is 12.1 Å². The van der Waals surface area contributed by atoms with Gasteiger partial charge in [0.2, 0.25) is 5.76 Å². The summed E-state index contributed by atoms with van der Waals surface area (Å²) in [7, 11) is 0. The highest BCUT2D eigenvalue weighted by Gasteiger charge is 2.23. The molecule has 0 saturated carbocycles. The van der Waals surface area contributed by atoms with E-state index in [0.29, 0.717) is 22.0 Å². The molecule has 0 aliphatic rings. The Balaban J connectivity index is 1.53. The predicted molar refractivity (Wildman–Crippen MR) is 130 cm³/mol. The zero-order valence-corrected chi connectivity index (χ0v) is 17.8. The molecule has 32 heavy (non-hydrogen) atoms. The zero-order valence-electron chi connectivity index (χ0n) is 17.0. The van der Waals surface area contributed by atoms with E-state index >= 15 is 0 Å². The van der Waals surface area contributed by atoms with Gasteiger partial charge in [-0.15, -0.1) is 0 Å². The smallest absolute Gasteiger partial charge is 0.293 e. The Morgan fingerprint density at radius 3 is 2.44 bits per heavy atom. The Hall–Kier alpha value is -3.80. The van der Waals surface area contributed by atoms with Crippen LogP contribution in [0.5, 0.6) is 0 Å². The van der Waals surface area contributed by atoms with Gasteiger partial charge in [-0.1, -0.05) is 72.3 Å². The van der Waals surface area contributed by atoms with Crippen LogP contribution in [0.15, 0.2) is 95.4 Å². The Morgan fingerprint density at radius 1 is 0.875 bits per heavy atom. The van der Waals surface area contributed by atoms with Crippen molar-refractivity contribution in [1.82, 2.24) is 0 Å². The van der Waals surface area contributed by atoms with Gasteiger partial charge in [0.15, 0.2) is 0 Å². The maximum Gasteiger partial charge on any atom is 0.293 e. The predicted octanol–water partition coefficient (Wildman–Crippen LogP) is 6.56. The molecule has 0 fully saturated rings. The van der Waals surface area contributed by atoms with E-state index in [4.69, 9.17) is 21.8 Å². The van der Waals surface area contributed by atoms with Crippen molar-refractivity contribution < 1.29 is 9.21 Å². The monoisotopic (exact) mass is 441 g/mol. The van der Waals surface area contributed by atoms with Crippen molar-refractivity contribution in [1.29, 1.82) is 0 Å². The lowest BCUT2D eigenvalue weighted by molar-refractivity contribution is 0.0999. The number of hydrogen-bond acceptors (Lipinski definition) is 4. The van der Waals surface area contributed by atoms with Gasteiger partial charge >= 0.3 is 0 Å². The summed E-state index contributed by atoms with van der Waals surface area (Å²) in [5, 5.41) is 9.62. The molecule has 1 heterocycles. The summed E-state index contributed by atoms with van der Waals surface area (Å²) in [5.74, 6) is -0.238. The van der Waals surface area contributed by atoms with Gasteiger partial charge < -0.3 is 20.8 Å². The van der Waals surface area contributed by atoms with Gasteiger partial charge in [0.1, 0.15) is 11.7 Å². The molecule has 1 amide bonds. The highest BCUT2D eigenvalue weighted by molar-refractivity contribution is 6.31. The minimum atomic E-state index is -0.556. The Labute approximate surface area is 189 Å². The van der Waals surface area contributed by atoms with Crippen molar-refractivity contribution >= 4 is 50.6 Å². The molecule has 0 aliphatic heterocycles. The number of carbonyl (C=O) groups is 1. The molecule has 5 nitrogen and oxygen atoms in total. The van der Waals surface area contributed by atoms with Gasteiger partial charge in [0.25, 0.3) is 5.91 Å². The third-order valence-corrected chi connectivity index (χ3v) is 5.58. The quantitative estimate of drug-likeness (QED) is 0.270. The summed E-state index contributed by atoms with van der Waals surface area (Å²) in [5.41, 5.74) is 9.22. The molecule has 0 bridgehead atoms. The summed E-state index contributed by atoms with van der Waals surface area (Å²) < 4.78 is 5.92. The second kappa shape index (κ2) is 8.38. The zero-order chi connectivity index (χ0) is 22.1. The fourth-order valence-corrected chi connectivity index (χ4v) is 4.05. The second-order valence-electron chi connectivity index (χ2n) is 7.46. The van der Waals surface area contributed by atoms with Gasteiger partial charge in [-0.3, -0.25) is 4.79 Å². The minimum absolute atomic E-state index is 0.155. The van der Waals surface area contributed by atoms with Crippen LogP contribution in [-0.4, -0.2) is 5.91 Å². The van der Waals surface area contributed by atoms with Crippen LogP contribution in [0.1, 0.15) is 22.3 Å². The number of fused-ring (bicyclic) bond motifs is 2. The molecule has 0 radical (unpaired) electrons. The average Bonchev–Trinajstić information content (AvgIpc) is 3.17. The van der Waals surface area contributed by atoms with Crippen molar-refractivity contribution in [3.63, 3.8) is 0 Å². The van der Waals surface area contributed by atoms with Gasteiger partial charge in [-0.2, -0.15) is 0 Å². The van der Waals surface area contributed by atoms with E-state index in [1.54, 1.807) is 24.3 Å². The first-order valence-corrected chi connectivity index (χ1v) is 10.6. The molecule has 1 unspecified atom stereocenters. The van der Waals surface area contributed by atoms with E-state index in [9.17, 15) is 4.79 Å². The number of nitrogens with one attached hydrogen (secondary N) is 2. The molecule has 1 atom stereocenters. The molecule has 158 valence electrons. The molecule has 0 aliphatic carbocycles. The van der Waals surface area contributed by atoms with E-state index in [1.165, 1.54) is 0 Å². The Bertz CT molecular complexity index is 1440. The van der Waals surface area contributed by atoms with Gasteiger partial charge in [0, 0.05) is 16.1 Å². The molecule has 6 heteroatoms. The van der Waals surface area contributed by atoms with Crippen molar-refractivity contribution in [2.24, 2.45) is 5.73 Å². The first-order chi connectivity index (χ1) is 15.6. The highest BCUT2D eigenvalue weighted by Crippen LogP contribution is 2.34. The summed E-state index contributed by atoms with van der Waals surface area (Å²) in [4.78, 5) is 13.1. The number of benzene rings is 4. The Kier molecular flexibility index (Phi) is 5.27. The standard InChI is InChI=1S/C26H20ClN3O2/c27-17-9-6-10-18(15-17)29-26(31)24-23(21-12-3-4-14-22(21)32-24)30-25(28)20-13-5-8-16-7-1-2-11-19(16)20/h1-15,25,30H,28H2,(H,29,31). The van der Waals surface area contributed by atoms with E-state index in [-0.39, 0.29) is 5.76 Å². The molecule has 5 aromatic rings. The lowest BCUT2D eigenvalue weighted by Crippen LogP contribution is -2.22. The third kappa shape index (κ3) is 3.80. The summed E-state index contributed by atoms with van der Waals surface area (Å²) in [6.45, 7) is 0. The second-order valence-corrected chi connectivity index (χ2v) is 7.89. The number of amides is 1. The number of anilines is 2. The third-order valence-electron chi connectivity index (χ3n) is 5.34. The van der Waals surface area contributed by atoms with Crippen molar-refractivity contribution in [3.05, 3.63) is 107 Å². The van der Waals surface area contributed by atoms with Gasteiger partial charge in [-0.05, 0) is 46.7 Å². The molecule has 0 spiro atoms. The first-order valence-electron chi connectivity index (χ1n) is 10.2. The summed E-state index contributed by atoms with van der Waals surface area (Å²) in [6.07, 6.45) is -0.556. The van der Waals surface area contributed by atoms with Crippen molar-refractivity contribution in [2.45, 2.75) is 6.17 Å². The van der Waals surface area contributed by atoms with Gasteiger partial charge in [0.05, 0.1) is 5.69 Å². The fourth-order valence-electron chi connectivity index (χ4n) is 3.86. The molecular weight excluding hydrogens is 422 g/mol. The maximum absolute atomic E-state index is 13.1. The summed E-state index contributed by atoms with van der Waals surface area (Å²) >= 11 is 6.05. The molecule has 1 aromatic heterocycles. The number of nitrogens with two attached hydrogens (primary N) is 1. The Morgan fingerprint density at radius 2 is 1.59 bits per heavy atom. The largest absolute Gasteiger partial charge is 0.449 e. The normalized spacial score (nSPS) is 12.1. The number of furan rings is 1. The number of rotatable bonds is 5. The average molecular weight is 442 g/mol. The van der Waals surface area contributed by atoms with Crippen LogP contribution >= 0.6 is 11.6 Å². The van der Waals surface area contributed by atoms with Crippen LogP contribution in [0.3, 0.4) is 0 Å². The van der Waals surface area contributed by atoms with Crippen molar-refractivity contribution in [2.75, 3.05) is 10.6 Å². The minimum Gasteiger partial charge on any atom is -0.449 e. The number of hydrogen-bond donors (Lipinski definition) is 3. The van der Waals surface area contributed by atoms with Gasteiger partial charge in [-0.25, -0.2) is 0 Å². The van der Waals surface area contributed by atoms with E-state index in [0.717, 1.165) is 21.7 Å². The summed E-state index contributed by atoms with van der Waals surface area (Å²) in [6, 6.07) is 28.5. The lowest BCUT2D eigenvalue weighted by atomic mass is 10.0. The van der Waals surface area contributed by atoms with Crippen molar-refractivity contribution in [3.8, 4) is 0 Å². The topological polar surface area (TPSA) is 80.3 Å². The number of halogens is 1. The maximum atomic E-state index is 13.1. The van der Waals surface area contributed by atoms with E-state index in [2.05, 4.69) is 10.6 Å². The first kappa shape index (κ1) is 20.1. The highest BCUT2D eigenvalue weighted by atomic mass is 35.5. The van der Waals surface area contributed by atoms with Crippen LogP contribution in [0.2, 0.25) is 5.02 Å². The molecule has 5 rings (SSSR count). The molecule has 0 saturated heterocycles. The fraction of sp³-hybridized carbons (Fsp3) is 0.0385. The molecular formula is C26H20ClN3O2. The number of carbonyl (C=O) groups excluding carboxylic acids is 1.